The molecule has 2 aromatic carbocycles. The van der Waals surface area contributed by atoms with Gasteiger partial charge in [-0.2, -0.15) is 0 Å². The van der Waals surface area contributed by atoms with Crippen molar-refractivity contribution in [2.45, 2.75) is 19.9 Å². The first-order chi connectivity index (χ1) is 21.0. The lowest BCUT2D eigenvalue weighted by Gasteiger charge is -2.23. The van der Waals surface area contributed by atoms with E-state index >= 15 is 0 Å². The van der Waals surface area contributed by atoms with E-state index in [1.54, 1.807) is 24.4 Å². The molecule has 0 aliphatic carbocycles. The van der Waals surface area contributed by atoms with Crippen LogP contribution in [0.3, 0.4) is 0 Å². The number of benzene rings is 2. The summed E-state index contributed by atoms with van der Waals surface area (Å²) < 4.78 is 49.9. The molecule has 0 saturated carbocycles. The van der Waals surface area contributed by atoms with Gasteiger partial charge in [-0.15, -0.1) is 0 Å². The van der Waals surface area contributed by atoms with Crippen molar-refractivity contribution in [1.82, 2.24) is 19.9 Å². The summed E-state index contributed by atoms with van der Waals surface area (Å²) in [4.78, 5) is 22.7. The van der Waals surface area contributed by atoms with Crippen LogP contribution in [0.15, 0.2) is 71.3 Å². The molecule has 44 heavy (non-hydrogen) atoms. The van der Waals surface area contributed by atoms with Crippen LogP contribution in [0.5, 0.6) is 0 Å². The van der Waals surface area contributed by atoms with Crippen LogP contribution in [0.1, 0.15) is 21.6 Å². The molecule has 0 atom stereocenters. The fraction of sp³-hybridized carbons (Fsp3) is 0.182. The molecule has 1 aliphatic rings. The Bertz CT molecular complexity index is 2250. The smallest absolute Gasteiger partial charge is 0.255 e. The summed E-state index contributed by atoms with van der Waals surface area (Å²) in [7, 11) is -0.691. The highest BCUT2D eigenvalue weighted by Crippen LogP contribution is 2.42. The maximum Gasteiger partial charge on any atom is 0.255 e. The number of rotatable bonds is 5. The molecule has 7 rings (SSSR count). The number of hydrogen-bond donors (Lipinski definition) is 1. The number of nitrogens with one attached hydrogen (secondary N) is 1. The van der Waals surface area contributed by atoms with Crippen LogP contribution < -0.4 is 9.62 Å². The predicted octanol–water partition coefficient (Wildman–Crippen LogP) is 5.94. The largest absolute Gasteiger partial charge is 0.455 e. The van der Waals surface area contributed by atoms with Gasteiger partial charge in [0.15, 0.2) is 0 Å². The normalized spacial score (nSPS) is 12.8. The van der Waals surface area contributed by atoms with Crippen LogP contribution in [0.2, 0.25) is 0 Å². The number of pyridine rings is 2. The van der Waals surface area contributed by atoms with Crippen LogP contribution in [-0.4, -0.2) is 49.2 Å². The Labute approximate surface area is 253 Å². The van der Waals surface area contributed by atoms with E-state index in [2.05, 4.69) is 14.9 Å². The minimum Gasteiger partial charge on any atom is -0.455 e. The average molecular weight is 610 g/mol. The highest BCUT2D eigenvalue weighted by Gasteiger charge is 2.28. The van der Waals surface area contributed by atoms with Gasteiger partial charge < -0.3 is 14.3 Å². The molecule has 1 aliphatic heterocycles. The summed E-state index contributed by atoms with van der Waals surface area (Å²) >= 11 is 0. The summed E-state index contributed by atoms with van der Waals surface area (Å²) in [5.41, 5.74) is 6.67. The molecular weight excluding hydrogens is 581 g/mol. The molecule has 1 amide bonds. The first kappa shape index (κ1) is 27.8. The highest BCUT2D eigenvalue weighted by molar-refractivity contribution is 7.92. The Kier molecular flexibility index (Phi) is 6.33. The first-order valence-electron chi connectivity index (χ1n) is 14.0. The molecule has 0 bridgehead atoms. The van der Waals surface area contributed by atoms with Gasteiger partial charge in [0.25, 0.3) is 5.91 Å². The number of aromatic nitrogens is 3. The zero-order chi connectivity index (χ0) is 30.9. The molecule has 0 radical (unpaired) electrons. The predicted molar refractivity (Wildman–Crippen MR) is 169 cm³/mol. The minimum absolute atomic E-state index is 0.300. The van der Waals surface area contributed by atoms with Crippen molar-refractivity contribution in [3.05, 3.63) is 89.5 Å². The molecular formula is C33H28FN5O4S. The summed E-state index contributed by atoms with van der Waals surface area (Å²) in [6.07, 6.45) is 3.47. The molecule has 1 N–H and O–H groups in total. The van der Waals surface area contributed by atoms with Crippen LogP contribution >= 0.6 is 0 Å². The van der Waals surface area contributed by atoms with E-state index in [1.165, 1.54) is 24.5 Å². The van der Waals surface area contributed by atoms with Gasteiger partial charge in [0.2, 0.25) is 10.0 Å². The van der Waals surface area contributed by atoms with Gasteiger partial charge in [-0.25, -0.2) is 17.8 Å². The van der Waals surface area contributed by atoms with Gasteiger partial charge >= 0.3 is 0 Å². The number of amides is 1. The van der Waals surface area contributed by atoms with Crippen molar-refractivity contribution >= 4 is 43.5 Å². The van der Waals surface area contributed by atoms with Gasteiger partial charge in [0, 0.05) is 60.5 Å². The van der Waals surface area contributed by atoms with E-state index in [0.717, 1.165) is 28.7 Å². The van der Waals surface area contributed by atoms with Crippen molar-refractivity contribution < 1.29 is 22.0 Å². The van der Waals surface area contributed by atoms with Gasteiger partial charge in [-0.3, -0.25) is 14.1 Å². The lowest BCUT2D eigenvalue weighted by molar-refractivity contribution is 0.0964. The van der Waals surface area contributed by atoms with Crippen LogP contribution in [0.4, 0.5) is 10.1 Å². The molecule has 11 heteroatoms. The fourth-order valence-electron chi connectivity index (χ4n) is 5.91. The second-order valence-electron chi connectivity index (χ2n) is 11.0. The second-order valence-corrected chi connectivity index (χ2v) is 13.0. The van der Waals surface area contributed by atoms with Crippen LogP contribution in [-0.2, 0) is 23.0 Å². The Morgan fingerprint density at radius 1 is 1.09 bits per heavy atom. The number of aryl methyl sites for hydroxylation is 3. The Balaban J connectivity index is 1.50. The Hall–Kier alpha value is -5.03. The molecule has 4 aromatic heterocycles. The third kappa shape index (κ3) is 4.34. The number of carbonyl (C=O) groups is 1. The molecule has 0 saturated heterocycles. The number of furan rings is 1. The SMILES string of the molecule is CNC(=O)c1c(-c2ccc(C)nc2)oc2cc(N(C)S(C)(=O)=O)c(-c3ccc4c(n3)-c3cc5c(F)cccc5n3CC4)cc12. The zero-order valence-corrected chi connectivity index (χ0v) is 25.3. The van der Waals surface area contributed by atoms with E-state index in [4.69, 9.17) is 9.40 Å². The standard InChI is InChI=1S/C33H28FN5O4S/c1-18-8-9-20(17-36-18)32-30(33(40)35-2)23-14-22(27(16-29(23)43-32)38(3)44(4,41)42)25-11-10-19-12-13-39-26-7-5-6-24(34)21(26)15-28(39)31(19)37-25/h5-11,14-17H,12-13H2,1-4H3,(H,35,40). The van der Waals surface area contributed by atoms with Gasteiger partial charge in [-0.05, 0) is 61.4 Å². The monoisotopic (exact) mass is 609 g/mol. The highest BCUT2D eigenvalue weighted by atomic mass is 32.2. The quantitative estimate of drug-likeness (QED) is 0.259. The number of nitrogens with zero attached hydrogens (tertiary/aromatic N) is 4. The number of fused-ring (bicyclic) bond motifs is 6. The van der Waals surface area contributed by atoms with Gasteiger partial charge in [0.1, 0.15) is 17.2 Å². The third-order valence-corrected chi connectivity index (χ3v) is 9.46. The van der Waals surface area contributed by atoms with Crippen molar-refractivity contribution in [2.75, 3.05) is 24.7 Å². The maximum atomic E-state index is 14.7. The lowest BCUT2D eigenvalue weighted by atomic mass is 9.99. The summed E-state index contributed by atoms with van der Waals surface area (Å²) in [6.45, 7) is 2.55. The topological polar surface area (TPSA) is 110 Å². The van der Waals surface area contributed by atoms with Gasteiger partial charge in [0.05, 0.1) is 40.1 Å². The average Bonchev–Trinajstić information content (AvgIpc) is 3.59. The van der Waals surface area contributed by atoms with Crippen molar-refractivity contribution in [3.63, 3.8) is 0 Å². The fourth-order valence-corrected chi connectivity index (χ4v) is 6.42. The van der Waals surface area contributed by atoms with E-state index in [1.807, 2.05) is 43.3 Å². The molecule has 0 unspecified atom stereocenters. The van der Waals surface area contributed by atoms with E-state index in [0.29, 0.717) is 68.8 Å². The molecule has 0 spiro atoms. The summed E-state index contributed by atoms with van der Waals surface area (Å²) in [6, 6.07) is 17.7. The number of sulfonamides is 1. The van der Waals surface area contributed by atoms with Crippen molar-refractivity contribution in [3.8, 4) is 34.0 Å². The molecule has 5 heterocycles. The number of anilines is 1. The third-order valence-electron chi connectivity index (χ3n) is 8.27. The van der Waals surface area contributed by atoms with E-state index in [9.17, 15) is 17.6 Å². The zero-order valence-electron chi connectivity index (χ0n) is 24.5. The second kappa shape index (κ2) is 10.0. The molecule has 222 valence electrons. The Morgan fingerprint density at radius 2 is 1.91 bits per heavy atom. The summed E-state index contributed by atoms with van der Waals surface area (Å²) in [5.74, 6) is -0.341. The van der Waals surface area contributed by atoms with E-state index < -0.39 is 10.0 Å². The van der Waals surface area contributed by atoms with Crippen LogP contribution in [0.25, 0.3) is 55.8 Å². The first-order valence-corrected chi connectivity index (χ1v) is 15.9. The number of hydrogen-bond acceptors (Lipinski definition) is 6. The lowest BCUT2D eigenvalue weighted by Crippen LogP contribution is -2.25. The Morgan fingerprint density at radius 3 is 2.64 bits per heavy atom. The van der Waals surface area contributed by atoms with Crippen molar-refractivity contribution in [1.29, 1.82) is 0 Å². The van der Waals surface area contributed by atoms with E-state index in [-0.39, 0.29) is 11.7 Å². The van der Waals surface area contributed by atoms with Gasteiger partial charge in [-0.1, -0.05) is 12.1 Å². The number of carbonyl (C=O) groups excluding carboxylic acids is 1. The molecule has 9 nitrogen and oxygen atoms in total. The molecule has 6 aromatic rings. The maximum absolute atomic E-state index is 14.7. The number of halogens is 1. The minimum atomic E-state index is -3.70. The summed E-state index contributed by atoms with van der Waals surface area (Å²) in [5, 5.41) is 3.71. The van der Waals surface area contributed by atoms with Crippen molar-refractivity contribution in [2.24, 2.45) is 0 Å². The molecule has 0 fully saturated rings. The van der Waals surface area contributed by atoms with Crippen LogP contribution in [0, 0.1) is 12.7 Å².